The molecule has 0 aliphatic heterocycles. The van der Waals surface area contributed by atoms with Crippen LogP contribution < -0.4 is 0 Å². The Morgan fingerprint density at radius 1 is 1.47 bits per heavy atom. The summed E-state index contributed by atoms with van der Waals surface area (Å²) in [6.07, 6.45) is 4.55. The quantitative estimate of drug-likeness (QED) is 0.758. The molecule has 0 spiro atoms. The topological polar surface area (TPSA) is 30.7 Å². The highest BCUT2D eigenvalue weighted by molar-refractivity contribution is 7.98. The summed E-state index contributed by atoms with van der Waals surface area (Å²) in [4.78, 5) is 9.02. The van der Waals surface area contributed by atoms with E-state index in [1.54, 1.807) is 6.20 Å². The van der Waals surface area contributed by atoms with Gasteiger partial charge in [-0.1, -0.05) is 18.5 Å². The Labute approximate surface area is 127 Å². The number of pyridine rings is 1. The Hall–Kier alpha value is -0.450. The SMILES string of the molecule is CSCC(C)Cn1c(CCCl)nc2cc(Cl)cnc21. The fourth-order valence-corrected chi connectivity index (χ4v) is 3.14. The van der Waals surface area contributed by atoms with Crippen molar-refractivity contribution < 1.29 is 0 Å². The molecular formula is C13H17Cl2N3S. The molecule has 0 fully saturated rings. The molecule has 0 amide bonds. The third-order valence-corrected chi connectivity index (χ3v) is 4.19. The standard InChI is InChI=1S/C13H17Cl2N3S/c1-9(8-19-2)7-18-12(3-4-14)17-11-5-10(15)6-16-13(11)18/h5-6,9H,3-4,7-8H2,1-2H3. The molecule has 2 heterocycles. The first-order valence-corrected chi connectivity index (χ1v) is 8.52. The van der Waals surface area contributed by atoms with Crippen molar-refractivity contribution in [3.05, 3.63) is 23.1 Å². The molecule has 3 nitrogen and oxygen atoms in total. The third kappa shape index (κ3) is 3.56. The lowest BCUT2D eigenvalue weighted by atomic mass is 10.2. The van der Waals surface area contributed by atoms with Gasteiger partial charge in [0.25, 0.3) is 0 Å². The number of aryl methyl sites for hydroxylation is 1. The number of hydrogen-bond acceptors (Lipinski definition) is 3. The zero-order chi connectivity index (χ0) is 13.8. The van der Waals surface area contributed by atoms with Gasteiger partial charge in [-0.3, -0.25) is 0 Å². The summed E-state index contributed by atoms with van der Waals surface area (Å²) in [6.45, 7) is 3.15. The van der Waals surface area contributed by atoms with Gasteiger partial charge in [-0.25, -0.2) is 9.97 Å². The Kier molecular flexibility index (Phi) is 5.37. The minimum absolute atomic E-state index is 0.563. The maximum Gasteiger partial charge on any atom is 0.160 e. The second kappa shape index (κ2) is 6.82. The van der Waals surface area contributed by atoms with Crippen molar-refractivity contribution in [2.45, 2.75) is 19.9 Å². The van der Waals surface area contributed by atoms with Gasteiger partial charge in [0.05, 0.1) is 5.02 Å². The summed E-state index contributed by atoms with van der Waals surface area (Å²) in [5.74, 6) is 3.24. The number of nitrogens with zero attached hydrogens (tertiary/aromatic N) is 3. The van der Waals surface area contributed by atoms with Crippen molar-refractivity contribution in [2.75, 3.05) is 17.9 Å². The van der Waals surface area contributed by atoms with Crippen LogP contribution in [0.2, 0.25) is 5.02 Å². The van der Waals surface area contributed by atoms with Crippen LogP contribution in [0.15, 0.2) is 12.3 Å². The van der Waals surface area contributed by atoms with Gasteiger partial charge in [-0.2, -0.15) is 11.8 Å². The molecule has 1 atom stereocenters. The first-order valence-electron chi connectivity index (χ1n) is 6.21. The molecule has 2 aromatic heterocycles. The van der Waals surface area contributed by atoms with Crippen molar-refractivity contribution >= 4 is 46.1 Å². The summed E-state index contributed by atoms with van der Waals surface area (Å²) < 4.78 is 2.18. The van der Waals surface area contributed by atoms with E-state index in [0.29, 0.717) is 16.8 Å². The van der Waals surface area contributed by atoms with Crippen LogP contribution in [0.1, 0.15) is 12.7 Å². The van der Waals surface area contributed by atoms with Gasteiger partial charge in [-0.05, 0) is 24.0 Å². The summed E-state index contributed by atoms with van der Waals surface area (Å²) in [5.41, 5.74) is 1.75. The first kappa shape index (κ1) is 14.9. The maximum atomic E-state index is 5.97. The zero-order valence-corrected chi connectivity index (χ0v) is 13.4. The van der Waals surface area contributed by atoms with Crippen molar-refractivity contribution in [3.8, 4) is 0 Å². The first-order chi connectivity index (χ1) is 9.15. The largest absolute Gasteiger partial charge is 0.312 e. The molecule has 0 saturated heterocycles. The van der Waals surface area contributed by atoms with E-state index in [-0.39, 0.29) is 0 Å². The maximum absolute atomic E-state index is 5.97. The summed E-state index contributed by atoms with van der Waals surface area (Å²) in [6, 6.07) is 1.86. The molecule has 0 N–H and O–H groups in total. The van der Waals surface area contributed by atoms with Gasteiger partial charge in [0.15, 0.2) is 5.65 Å². The summed E-state index contributed by atoms with van der Waals surface area (Å²) >= 11 is 13.7. The molecule has 6 heteroatoms. The molecular weight excluding hydrogens is 301 g/mol. The molecule has 0 bridgehead atoms. The van der Waals surface area contributed by atoms with Crippen LogP contribution in [0, 0.1) is 5.92 Å². The van der Waals surface area contributed by atoms with E-state index in [2.05, 4.69) is 27.7 Å². The normalized spacial score (nSPS) is 13.1. The minimum atomic E-state index is 0.563. The molecule has 0 saturated carbocycles. The van der Waals surface area contributed by atoms with E-state index in [0.717, 1.165) is 35.7 Å². The Morgan fingerprint density at radius 2 is 2.26 bits per heavy atom. The predicted octanol–water partition coefficient (Wildman–Crippen LogP) is 3.87. The van der Waals surface area contributed by atoms with Gasteiger partial charge >= 0.3 is 0 Å². The molecule has 0 aliphatic rings. The van der Waals surface area contributed by atoms with Crippen molar-refractivity contribution in [3.63, 3.8) is 0 Å². The molecule has 2 rings (SSSR count). The molecule has 1 unspecified atom stereocenters. The smallest absolute Gasteiger partial charge is 0.160 e. The van der Waals surface area contributed by atoms with Crippen molar-refractivity contribution in [2.24, 2.45) is 5.92 Å². The zero-order valence-electron chi connectivity index (χ0n) is 11.1. The Balaban J connectivity index is 2.39. The highest BCUT2D eigenvalue weighted by Gasteiger charge is 2.14. The highest BCUT2D eigenvalue weighted by Crippen LogP contribution is 2.20. The summed E-state index contributed by atoms with van der Waals surface area (Å²) in [7, 11) is 0. The van der Waals surface area contributed by atoms with Crippen LogP contribution in [-0.4, -0.2) is 32.4 Å². The lowest BCUT2D eigenvalue weighted by molar-refractivity contribution is 0.524. The van der Waals surface area contributed by atoms with Crippen LogP contribution in [0.4, 0.5) is 0 Å². The number of hydrogen-bond donors (Lipinski definition) is 0. The van der Waals surface area contributed by atoms with Crippen LogP contribution in [0.25, 0.3) is 11.2 Å². The van der Waals surface area contributed by atoms with Gasteiger partial charge in [0.1, 0.15) is 11.3 Å². The fraction of sp³-hybridized carbons (Fsp3) is 0.538. The van der Waals surface area contributed by atoms with E-state index in [4.69, 9.17) is 23.2 Å². The number of imidazole rings is 1. The molecule has 0 radical (unpaired) electrons. The minimum Gasteiger partial charge on any atom is -0.312 e. The fourth-order valence-electron chi connectivity index (χ4n) is 2.15. The van der Waals surface area contributed by atoms with Crippen molar-refractivity contribution in [1.29, 1.82) is 0 Å². The van der Waals surface area contributed by atoms with E-state index in [1.807, 2.05) is 17.8 Å². The van der Waals surface area contributed by atoms with E-state index < -0.39 is 0 Å². The van der Waals surface area contributed by atoms with Crippen LogP contribution >= 0.6 is 35.0 Å². The molecule has 0 aromatic carbocycles. The number of alkyl halides is 1. The second-order valence-corrected chi connectivity index (χ2v) is 6.36. The Morgan fingerprint density at radius 3 is 2.95 bits per heavy atom. The molecule has 104 valence electrons. The van der Waals surface area contributed by atoms with Crippen LogP contribution in [0.5, 0.6) is 0 Å². The molecule has 19 heavy (non-hydrogen) atoms. The number of aromatic nitrogens is 3. The Bertz CT molecular complexity index is 556. The average molecular weight is 318 g/mol. The number of fused-ring (bicyclic) bond motifs is 1. The predicted molar refractivity (Wildman–Crippen MR) is 84.5 cm³/mol. The lowest BCUT2D eigenvalue weighted by Crippen LogP contribution is -2.13. The van der Waals surface area contributed by atoms with E-state index >= 15 is 0 Å². The van der Waals surface area contributed by atoms with Gasteiger partial charge in [0.2, 0.25) is 0 Å². The van der Waals surface area contributed by atoms with Crippen LogP contribution in [-0.2, 0) is 13.0 Å². The molecule has 0 aliphatic carbocycles. The van der Waals surface area contributed by atoms with Crippen molar-refractivity contribution in [1.82, 2.24) is 14.5 Å². The number of thioether (sulfide) groups is 1. The van der Waals surface area contributed by atoms with Crippen LogP contribution in [0.3, 0.4) is 0 Å². The average Bonchev–Trinajstić information content (AvgIpc) is 2.67. The lowest BCUT2D eigenvalue weighted by Gasteiger charge is -2.13. The summed E-state index contributed by atoms with van der Waals surface area (Å²) in [5, 5.41) is 0.617. The second-order valence-electron chi connectivity index (χ2n) is 4.63. The monoisotopic (exact) mass is 317 g/mol. The van der Waals surface area contributed by atoms with E-state index in [1.165, 1.54) is 0 Å². The number of rotatable bonds is 6. The van der Waals surface area contributed by atoms with E-state index in [9.17, 15) is 0 Å². The van der Waals surface area contributed by atoms with Gasteiger partial charge < -0.3 is 4.57 Å². The molecule has 2 aromatic rings. The van der Waals surface area contributed by atoms with Gasteiger partial charge in [0, 0.05) is 25.0 Å². The number of halogens is 2. The highest BCUT2D eigenvalue weighted by atomic mass is 35.5. The van der Waals surface area contributed by atoms with Gasteiger partial charge in [-0.15, -0.1) is 11.6 Å². The third-order valence-electron chi connectivity index (χ3n) is 2.89.